The molecule has 2 aliphatic heterocycles. The summed E-state index contributed by atoms with van der Waals surface area (Å²) in [7, 11) is -3.57. The lowest BCUT2D eigenvalue weighted by Crippen LogP contribution is -2.35. The SMILES string of the molecule is C[C@H]1C(=O)Nc2ccc(S(=O)(=O)N3CCc4ccccc4C3)cc21. The number of nitrogens with one attached hydrogen (secondary N) is 1. The third-order valence-electron chi connectivity index (χ3n) is 4.87. The standard InChI is InChI=1S/C18H18N2O3S/c1-12-16-10-15(6-7-17(16)19-18(12)21)24(22,23)20-9-8-13-4-2-3-5-14(13)11-20/h2-7,10,12H,8-9,11H2,1H3,(H,19,21)/t12-/m1/s1. The van der Waals surface area contributed by atoms with Gasteiger partial charge in [-0.2, -0.15) is 4.31 Å². The molecule has 0 bridgehead atoms. The predicted octanol–water partition coefficient (Wildman–Crippen LogP) is 2.49. The summed E-state index contributed by atoms with van der Waals surface area (Å²) in [6.07, 6.45) is 0.719. The Morgan fingerprint density at radius 1 is 1.12 bits per heavy atom. The number of sulfonamides is 1. The van der Waals surface area contributed by atoms with Crippen LogP contribution in [-0.2, 0) is 27.8 Å². The van der Waals surface area contributed by atoms with E-state index in [1.807, 2.05) is 24.3 Å². The van der Waals surface area contributed by atoms with E-state index in [2.05, 4.69) is 5.32 Å². The first-order valence-corrected chi connectivity index (χ1v) is 9.42. The number of benzene rings is 2. The fraction of sp³-hybridized carbons (Fsp3) is 0.278. The van der Waals surface area contributed by atoms with Gasteiger partial charge in [-0.1, -0.05) is 24.3 Å². The number of hydrogen-bond acceptors (Lipinski definition) is 3. The summed E-state index contributed by atoms with van der Waals surface area (Å²) in [4.78, 5) is 12.0. The summed E-state index contributed by atoms with van der Waals surface area (Å²) >= 11 is 0. The average Bonchev–Trinajstić information content (AvgIpc) is 2.88. The molecule has 2 heterocycles. The molecule has 4 rings (SSSR count). The van der Waals surface area contributed by atoms with Crippen molar-refractivity contribution >= 4 is 21.6 Å². The Labute approximate surface area is 141 Å². The van der Waals surface area contributed by atoms with E-state index in [9.17, 15) is 13.2 Å². The van der Waals surface area contributed by atoms with Crippen LogP contribution in [0.3, 0.4) is 0 Å². The van der Waals surface area contributed by atoms with Crippen molar-refractivity contribution in [1.29, 1.82) is 0 Å². The molecule has 2 aromatic carbocycles. The van der Waals surface area contributed by atoms with Crippen LogP contribution in [0.1, 0.15) is 29.5 Å². The number of carbonyl (C=O) groups is 1. The molecule has 5 nitrogen and oxygen atoms in total. The first kappa shape index (κ1) is 15.4. The van der Waals surface area contributed by atoms with Crippen molar-refractivity contribution in [3.63, 3.8) is 0 Å². The molecule has 0 radical (unpaired) electrons. The maximum Gasteiger partial charge on any atom is 0.243 e. The molecule has 0 aliphatic carbocycles. The van der Waals surface area contributed by atoms with Crippen molar-refractivity contribution in [2.45, 2.75) is 30.7 Å². The number of hydrogen-bond donors (Lipinski definition) is 1. The molecule has 0 unspecified atom stereocenters. The van der Waals surface area contributed by atoms with Crippen LogP contribution < -0.4 is 5.32 Å². The third-order valence-corrected chi connectivity index (χ3v) is 6.72. The van der Waals surface area contributed by atoms with Crippen molar-refractivity contribution in [2.24, 2.45) is 0 Å². The number of fused-ring (bicyclic) bond motifs is 2. The van der Waals surface area contributed by atoms with Gasteiger partial charge in [0.05, 0.1) is 10.8 Å². The maximum atomic E-state index is 13.0. The van der Waals surface area contributed by atoms with Gasteiger partial charge in [-0.3, -0.25) is 4.79 Å². The van der Waals surface area contributed by atoms with Crippen LogP contribution in [0.25, 0.3) is 0 Å². The number of anilines is 1. The van der Waals surface area contributed by atoms with E-state index in [0.717, 1.165) is 17.5 Å². The predicted molar refractivity (Wildman–Crippen MR) is 91.2 cm³/mol. The van der Waals surface area contributed by atoms with Crippen LogP contribution in [0.15, 0.2) is 47.4 Å². The van der Waals surface area contributed by atoms with Crippen molar-refractivity contribution in [1.82, 2.24) is 4.31 Å². The molecule has 0 aromatic heterocycles. The van der Waals surface area contributed by atoms with E-state index in [0.29, 0.717) is 18.8 Å². The normalized spacial score (nSPS) is 20.4. The van der Waals surface area contributed by atoms with Crippen LogP contribution in [0.2, 0.25) is 0 Å². The molecule has 0 saturated heterocycles. The summed E-state index contributed by atoms with van der Waals surface area (Å²) in [5.74, 6) is -0.413. The number of amides is 1. The average molecular weight is 342 g/mol. The van der Waals surface area contributed by atoms with E-state index >= 15 is 0 Å². The van der Waals surface area contributed by atoms with Gasteiger partial charge in [0.15, 0.2) is 0 Å². The highest BCUT2D eigenvalue weighted by Crippen LogP contribution is 2.35. The van der Waals surface area contributed by atoms with Crippen molar-refractivity contribution in [3.05, 3.63) is 59.2 Å². The Morgan fingerprint density at radius 3 is 2.67 bits per heavy atom. The monoisotopic (exact) mass is 342 g/mol. The zero-order valence-electron chi connectivity index (χ0n) is 13.3. The first-order valence-electron chi connectivity index (χ1n) is 7.98. The molecule has 24 heavy (non-hydrogen) atoms. The van der Waals surface area contributed by atoms with Crippen molar-refractivity contribution in [3.8, 4) is 0 Å². The molecule has 0 fully saturated rings. The quantitative estimate of drug-likeness (QED) is 0.912. The highest BCUT2D eigenvalue weighted by atomic mass is 32.2. The highest BCUT2D eigenvalue weighted by molar-refractivity contribution is 7.89. The number of carbonyl (C=O) groups excluding carboxylic acids is 1. The minimum atomic E-state index is -3.57. The summed E-state index contributed by atoms with van der Waals surface area (Å²) < 4.78 is 27.5. The van der Waals surface area contributed by atoms with Gasteiger partial charge in [0.2, 0.25) is 15.9 Å². The second kappa shape index (κ2) is 5.43. The van der Waals surface area contributed by atoms with Gasteiger partial charge >= 0.3 is 0 Å². The molecule has 124 valence electrons. The Balaban J connectivity index is 1.69. The number of nitrogens with zero attached hydrogens (tertiary/aromatic N) is 1. The lowest BCUT2D eigenvalue weighted by Gasteiger charge is -2.28. The van der Waals surface area contributed by atoms with Crippen molar-refractivity contribution < 1.29 is 13.2 Å². The molecule has 2 aromatic rings. The van der Waals surface area contributed by atoms with E-state index in [1.165, 1.54) is 9.87 Å². The fourth-order valence-corrected chi connectivity index (χ4v) is 4.83. The minimum Gasteiger partial charge on any atom is -0.325 e. The molecular weight excluding hydrogens is 324 g/mol. The van der Waals surface area contributed by atoms with E-state index < -0.39 is 10.0 Å². The number of rotatable bonds is 2. The van der Waals surface area contributed by atoms with Gasteiger partial charge in [-0.15, -0.1) is 0 Å². The van der Waals surface area contributed by atoms with Gasteiger partial charge in [-0.25, -0.2) is 8.42 Å². The molecule has 2 aliphatic rings. The van der Waals surface area contributed by atoms with Crippen LogP contribution in [0.4, 0.5) is 5.69 Å². The Kier molecular flexibility index (Phi) is 3.47. The van der Waals surface area contributed by atoms with Gasteiger partial charge in [0.25, 0.3) is 0 Å². The highest BCUT2D eigenvalue weighted by Gasteiger charge is 2.32. The summed E-state index contributed by atoms with van der Waals surface area (Å²) in [6.45, 7) is 2.65. The first-order chi connectivity index (χ1) is 11.5. The lowest BCUT2D eigenvalue weighted by molar-refractivity contribution is -0.116. The van der Waals surface area contributed by atoms with E-state index in [-0.39, 0.29) is 16.7 Å². The van der Waals surface area contributed by atoms with E-state index in [4.69, 9.17) is 0 Å². The molecule has 1 N–H and O–H groups in total. The molecule has 1 amide bonds. The van der Waals surface area contributed by atoms with Crippen LogP contribution in [0, 0.1) is 0 Å². The second-order valence-corrected chi connectivity index (χ2v) is 8.26. The molecule has 1 atom stereocenters. The van der Waals surface area contributed by atoms with E-state index in [1.54, 1.807) is 25.1 Å². The molecule has 6 heteroatoms. The van der Waals surface area contributed by atoms with Gasteiger partial charge in [-0.05, 0) is 48.2 Å². The van der Waals surface area contributed by atoms with Gasteiger partial charge in [0, 0.05) is 18.8 Å². The zero-order valence-corrected chi connectivity index (χ0v) is 14.1. The summed E-state index contributed by atoms with van der Waals surface area (Å²) in [6, 6.07) is 12.8. The maximum absolute atomic E-state index is 13.0. The fourth-order valence-electron chi connectivity index (χ4n) is 3.38. The second-order valence-electron chi connectivity index (χ2n) is 6.32. The Hall–Kier alpha value is -2.18. The van der Waals surface area contributed by atoms with Gasteiger partial charge < -0.3 is 5.32 Å². The topological polar surface area (TPSA) is 66.5 Å². The Bertz CT molecular complexity index is 937. The summed E-state index contributed by atoms with van der Waals surface area (Å²) in [5, 5.41) is 2.77. The van der Waals surface area contributed by atoms with Crippen LogP contribution in [0.5, 0.6) is 0 Å². The largest absolute Gasteiger partial charge is 0.325 e. The third kappa shape index (κ3) is 2.34. The molecular formula is C18H18N2O3S. The Morgan fingerprint density at radius 2 is 1.88 bits per heavy atom. The lowest BCUT2D eigenvalue weighted by atomic mass is 10.0. The van der Waals surface area contributed by atoms with Crippen LogP contribution in [-0.4, -0.2) is 25.2 Å². The molecule has 0 saturated carbocycles. The van der Waals surface area contributed by atoms with Crippen molar-refractivity contribution in [2.75, 3.05) is 11.9 Å². The molecule has 0 spiro atoms. The summed E-state index contributed by atoms with van der Waals surface area (Å²) in [5.41, 5.74) is 3.72. The minimum absolute atomic E-state index is 0.0913. The van der Waals surface area contributed by atoms with Gasteiger partial charge in [0.1, 0.15) is 0 Å². The van der Waals surface area contributed by atoms with Crippen LogP contribution >= 0.6 is 0 Å². The smallest absolute Gasteiger partial charge is 0.243 e. The zero-order chi connectivity index (χ0) is 16.9.